The van der Waals surface area contributed by atoms with E-state index in [1.165, 1.54) is 25.2 Å². The summed E-state index contributed by atoms with van der Waals surface area (Å²) in [5, 5.41) is 13.2. The van der Waals surface area contributed by atoms with Gasteiger partial charge in [0.15, 0.2) is 0 Å². The number of nitrogens with zero attached hydrogens (tertiary/aromatic N) is 2. The standard InChI is InChI=1S/C12H18N4O5S.ClH/c1-15(9-12(17)14-7-3-6-13)22(20,21)11-5-2-4-10(8-11)16(18)19;/h2,4-5,8H,3,6-7,9,13H2,1H3,(H,14,17);1H. The van der Waals surface area contributed by atoms with Crippen molar-refractivity contribution in [1.29, 1.82) is 0 Å². The zero-order valence-corrected chi connectivity index (χ0v) is 14.1. The molecular weight excluding hydrogens is 348 g/mol. The molecule has 11 heteroatoms. The Morgan fingerprint density at radius 1 is 1.43 bits per heavy atom. The van der Waals surface area contributed by atoms with Gasteiger partial charge in [-0.05, 0) is 19.0 Å². The van der Waals surface area contributed by atoms with Crippen LogP contribution in [0.5, 0.6) is 0 Å². The predicted octanol–water partition coefficient (Wildman–Crippen LogP) is 0.102. The maximum Gasteiger partial charge on any atom is 0.270 e. The Balaban J connectivity index is 0.00000484. The average molecular weight is 367 g/mol. The minimum Gasteiger partial charge on any atom is -0.355 e. The van der Waals surface area contributed by atoms with Crippen LogP contribution in [0.1, 0.15) is 6.42 Å². The molecule has 1 aromatic carbocycles. The van der Waals surface area contributed by atoms with Crippen molar-refractivity contribution in [2.75, 3.05) is 26.7 Å². The number of nitrogens with two attached hydrogens (primary N) is 1. The van der Waals surface area contributed by atoms with Crippen LogP contribution in [0.15, 0.2) is 29.2 Å². The molecule has 0 saturated heterocycles. The smallest absolute Gasteiger partial charge is 0.270 e. The number of rotatable bonds is 8. The molecule has 0 aliphatic heterocycles. The minimum absolute atomic E-state index is 0. The number of likely N-dealkylation sites (N-methyl/N-ethyl adjacent to an activating group) is 1. The number of carbonyl (C=O) groups is 1. The number of hydrogen-bond acceptors (Lipinski definition) is 6. The zero-order valence-electron chi connectivity index (χ0n) is 12.5. The number of amides is 1. The lowest BCUT2D eigenvalue weighted by atomic mass is 10.3. The van der Waals surface area contributed by atoms with Gasteiger partial charge in [-0.3, -0.25) is 14.9 Å². The van der Waals surface area contributed by atoms with Crippen LogP contribution in [0.4, 0.5) is 5.69 Å². The number of carbonyl (C=O) groups excluding carboxylic acids is 1. The Morgan fingerprint density at radius 2 is 2.09 bits per heavy atom. The van der Waals surface area contributed by atoms with E-state index in [0.717, 1.165) is 10.4 Å². The molecule has 0 aliphatic rings. The van der Waals surface area contributed by atoms with Crippen molar-refractivity contribution in [2.24, 2.45) is 5.73 Å². The van der Waals surface area contributed by atoms with Gasteiger partial charge >= 0.3 is 0 Å². The molecule has 0 unspecified atom stereocenters. The van der Waals surface area contributed by atoms with E-state index in [1.807, 2.05) is 0 Å². The monoisotopic (exact) mass is 366 g/mol. The summed E-state index contributed by atoms with van der Waals surface area (Å²) in [6.07, 6.45) is 0.590. The summed E-state index contributed by atoms with van der Waals surface area (Å²) in [5.41, 5.74) is 4.96. The second kappa shape index (κ2) is 9.40. The highest BCUT2D eigenvalue weighted by atomic mass is 35.5. The molecule has 0 bridgehead atoms. The van der Waals surface area contributed by atoms with Crippen molar-refractivity contribution in [3.8, 4) is 0 Å². The number of nitro benzene ring substituents is 1. The van der Waals surface area contributed by atoms with Crippen LogP contribution in [-0.2, 0) is 14.8 Å². The lowest BCUT2D eigenvalue weighted by Crippen LogP contribution is -2.38. The van der Waals surface area contributed by atoms with Gasteiger partial charge in [-0.15, -0.1) is 12.4 Å². The third kappa shape index (κ3) is 6.10. The van der Waals surface area contributed by atoms with Crippen molar-refractivity contribution in [3.05, 3.63) is 34.4 Å². The van der Waals surface area contributed by atoms with E-state index in [4.69, 9.17) is 5.73 Å². The van der Waals surface area contributed by atoms with E-state index in [2.05, 4.69) is 5.32 Å². The van der Waals surface area contributed by atoms with Gasteiger partial charge in [0.2, 0.25) is 15.9 Å². The quantitative estimate of drug-likeness (QED) is 0.380. The molecule has 1 amide bonds. The summed E-state index contributed by atoms with van der Waals surface area (Å²) in [7, 11) is -2.74. The summed E-state index contributed by atoms with van der Waals surface area (Å²) in [6.45, 7) is 0.401. The molecule has 0 saturated carbocycles. The molecule has 0 aliphatic carbocycles. The summed E-state index contributed by atoms with van der Waals surface area (Å²) < 4.78 is 25.4. The normalized spacial score (nSPS) is 10.9. The summed E-state index contributed by atoms with van der Waals surface area (Å²) >= 11 is 0. The van der Waals surface area contributed by atoms with Gasteiger partial charge in [0.1, 0.15) is 0 Å². The molecule has 0 atom stereocenters. The first-order valence-corrected chi connectivity index (χ1v) is 7.90. The van der Waals surface area contributed by atoms with Gasteiger partial charge in [0, 0.05) is 25.7 Å². The van der Waals surface area contributed by atoms with Crippen LogP contribution < -0.4 is 11.1 Å². The van der Waals surface area contributed by atoms with Crippen LogP contribution in [0.25, 0.3) is 0 Å². The van der Waals surface area contributed by atoms with Crippen molar-refractivity contribution < 1.29 is 18.1 Å². The van der Waals surface area contributed by atoms with Crippen LogP contribution in [0.3, 0.4) is 0 Å². The molecule has 3 N–H and O–H groups in total. The van der Waals surface area contributed by atoms with E-state index < -0.39 is 20.9 Å². The predicted molar refractivity (Wildman–Crippen MR) is 86.8 cm³/mol. The number of benzene rings is 1. The largest absolute Gasteiger partial charge is 0.355 e. The van der Waals surface area contributed by atoms with Crippen LogP contribution >= 0.6 is 12.4 Å². The van der Waals surface area contributed by atoms with Crippen LogP contribution in [0.2, 0.25) is 0 Å². The Bertz CT molecular complexity index is 653. The van der Waals surface area contributed by atoms with Crippen molar-refractivity contribution in [1.82, 2.24) is 9.62 Å². The lowest BCUT2D eigenvalue weighted by molar-refractivity contribution is -0.385. The van der Waals surface area contributed by atoms with Crippen molar-refractivity contribution in [2.45, 2.75) is 11.3 Å². The Hall–Kier alpha value is -1.75. The summed E-state index contributed by atoms with van der Waals surface area (Å²) in [6, 6.07) is 4.67. The first-order chi connectivity index (χ1) is 10.3. The molecule has 0 heterocycles. The Kier molecular flexibility index (Phi) is 8.69. The van der Waals surface area contributed by atoms with E-state index >= 15 is 0 Å². The maximum absolute atomic E-state index is 12.3. The highest BCUT2D eigenvalue weighted by Crippen LogP contribution is 2.19. The van der Waals surface area contributed by atoms with E-state index in [1.54, 1.807) is 0 Å². The lowest BCUT2D eigenvalue weighted by Gasteiger charge is -2.16. The molecule has 130 valence electrons. The number of non-ortho nitro benzene ring substituents is 1. The minimum atomic E-state index is -3.98. The fourth-order valence-corrected chi connectivity index (χ4v) is 2.78. The van der Waals surface area contributed by atoms with Gasteiger partial charge in [0.05, 0.1) is 16.4 Å². The number of nitro groups is 1. The van der Waals surface area contributed by atoms with Crippen LogP contribution in [-0.4, -0.2) is 50.2 Å². The summed E-state index contributed by atoms with van der Waals surface area (Å²) in [4.78, 5) is 21.4. The van der Waals surface area contributed by atoms with Gasteiger partial charge in [-0.25, -0.2) is 8.42 Å². The third-order valence-electron chi connectivity index (χ3n) is 2.81. The fourth-order valence-electron chi connectivity index (χ4n) is 1.61. The molecule has 0 radical (unpaired) electrons. The molecule has 23 heavy (non-hydrogen) atoms. The number of nitrogens with one attached hydrogen (secondary N) is 1. The van der Waals surface area contributed by atoms with E-state index in [0.29, 0.717) is 19.5 Å². The molecule has 9 nitrogen and oxygen atoms in total. The van der Waals surface area contributed by atoms with Crippen LogP contribution in [0, 0.1) is 10.1 Å². The highest BCUT2D eigenvalue weighted by molar-refractivity contribution is 7.89. The zero-order chi connectivity index (χ0) is 16.8. The molecule has 1 aromatic rings. The topological polar surface area (TPSA) is 136 Å². The van der Waals surface area contributed by atoms with Crippen molar-refractivity contribution >= 4 is 34.0 Å². The second-order valence-electron chi connectivity index (χ2n) is 4.51. The van der Waals surface area contributed by atoms with Gasteiger partial charge in [0.25, 0.3) is 5.69 Å². The number of hydrogen-bond donors (Lipinski definition) is 2. The molecule has 0 aromatic heterocycles. The first kappa shape index (κ1) is 21.2. The summed E-state index contributed by atoms with van der Waals surface area (Å²) in [5.74, 6) is -0.468. The number of sulfonamides is 1. The fraction of sp³-hybridized carbons (Fsp3) is 0.417. The molecular formula is C12H19ClN4O5S. The molecule has 0 spiro atoms. The average Bonchev–Trinajstić information content (AvgIpc) is 2.47. The Morgan fingerprint density at radius 3 is 2.65 bits per heavy atom. The molecule has 0 fully saturated rings. The third-order valence-corrected chi connectivity index (χ3v) is 4.61. The highest BCUT2D eigenvalue weighted by Gasteiger charge is 2.24. The van der Waals surface area contributed by atoms with Gasteiger partial charge in [-0.1, -0.05) is 6.07 Å². The van der Waals surface area contributed by atoms with E-state index in [-0.39, 0.29) is 29.5 Å². The van der Waals surface area contributed by atoms with Gasteiger partial charge < -0.3 is 11.1 Å². The number of halogens is 1. The van der Waals surface area contributed by atoms with Gasteiger partial charge in [-0.2, -0.15) is 4.31 Å². The maximum atomic E-state index is 12.3. The van der Waals surface area contributed by atoms with Crippen molar-refractivity contribution in [3.63, 3.8) is 0 Å². The Labute approximate surface area is 140 Å². The first-order valence-electron chi connectivity index (χ1n) is 6.46. The SMILES string of the molecule is CN(CC(=O)NCCCN)S(=O)(=O)c1cccc([N+](=O)[O-])c1.Cl. The van der Waals surface area contributed by atoms with E-state index in [9.17, 15) is 23.3 Å². The second-order valence-corrected chi connectivity index (χ2v) is 6.55. The molecule has 1 rings (SSSR count).